The molecule has 0 atom stereocenters. The summed E-state index contributed by atoms with van der Waals surface area (Å²) in [6.45, 7) is 0. The molecular weight excluding hydrogens is 292 g/mol. The van der Waals surface area contributed by atoms with Crippen LogP contribution in [0.3, 0.4) is 0 Å². The third kappa shape index (κ3) is 1.41. The van der Waals surface area contributed by atoms with Crippen molar-refractivity contribution >= 4 is 22.1 Å². The van der Waals surface area contributed by atoms with Gasteiger partial charge in [-0.15, -0.1) is 0 Å². The summed E-state index contributed by atoms with van der Waals surface area (Å²) in [5, 5.41) is 4.50. The van der Waals surface area contributed by atoms with Gasteiger partial charge in [0.05, 0.1) is 22.1 Å². The van der Waals surface area contributed by atoms with E-state index in [9.17, 15) is 0 Å². The molecule has 0 aliphatic carbocycles. The topological polar surface area (TPSA) is 24.7 Å². The van der Waals surface area contributed by atoms with Gasteiger partial charge >= 0.3 is 0 Å². The van der Waals surface area contributed by atoms with Crippen LogP contribution in [0, 0.1) is 0 Å². The second-order valence-electron chi connectivity index (χ2n) is 6.28. The Morgan fingerprint density at radius 3 is 1.38 bits per heavy atom. The maximum absolute atomic E-state index is 4.88. The number of fused-ring (bicyclic) bond motifs is 9. The lowest BCUT2D eigenvalue weighted by Crippen LogP contribution is -2.10. The lowest BCUT2D eigenvalue weighted by Gasteiger charge is -2.03. The molecule has 0 radical (unpaired) electrons. The monoisotopic (exact) mass is 304 g/mol. The van der Waals surface area contributed by atoms with Gasteiger partial charge in [-0.1, -0.05) is 60.7 Å². The van der Waals surface area contributed by atoms with E-state index in [1.54, 1.807) is 0 Å². The zero-order chi connectivity index (χ0) is 15.7. The van der Waals surface area contributed by atoms with E-state index in [1.807, 2.05) is 12.1 Å². The highest BCUT2D eigenvalue weighted by Gasteiger charge is 2.19. The van der Waals surface area contributed by atoms with Crippen molar-refractivity contribution in [1.82, 2.24) is 0 Å². The summed E-state index contributed by atoms with van der Waals surface area (Å²) in [5.41, 5.74) is 6.98. The van der Waals surface area contributed by atoms with Gasteiger partial charge in [0.25, 0.3) is 0 Å². The average molecular weight is 304 g/mol. The minimum atomic E-state index is 1.06. The molecule has 0 saturated carbocycles. The van der Waals surface area contributed by atoms with Gasteiger partial charge in [-0.25, -0.2) is 9.98 Å². The summed E-state index contributed by atoms with van der Waals surface area (Å²) in [6.07, 6.45) is 0. The summed E-state index contributed by atoms with van der Waals surface area (Å²) < 4.78 is 0. The van der Waals surface area contributed by atoms with Gasteiger partial charge in [0.1, 0.15) is 0 Å². The van der Waals surface area contributed by atoms with Crippen molar-refractivity contribution < 1.29 is 0 Å². The smallest absolute Gasteiger partial charge is 0.0795 e. The molecule has 24 heavy (non-hydrogen) atoms. The number of para-hydroxylation sites is 2. The fourth-order valence-corrected chi connectivity index (χ4v) is 3.89. The molecule has 2 aliphatic heterocycles. The lowest BCUT2D eigenvalue weighted by atomic mass is 9.98. The number of benzene rings is 4. The average Bonchev–Trinajstić information content (AvgIpc) is 3.20. The van der Waals surface area contributed by atoms with E-state index in [0.717, 1.165) is 22.1 Å². The van der Waals surface area contributed by atoms with E-state index in [-0.39, 0.29) is 0 Å². The van der Waals surface area contributed by atoms with Gasteiger partial charge in [0.2, 0.25) is 0 Å². The zero-order valence-electron chi connectivity index (χ0n) is 12.8. The van der Waals surface area contributed by atoms with Crippen LogP contribution in [-0.4, -0.2) is 0 Å². The van der Waals surface area contributed by atoms with Crippen molar-refractivity contribution in [3.05, 3.63) is 83.5 Å². The zero-order valence-corrected chi connectivity index (χ0v) is 12.8. The van der Waals surface area contributed by atoms with Crippen LogP contribution in [0.2, 0.25) is 0 Å². The van der Waals surface area contributed by atoms with Gasteiger partial charge in [0, 0.05) is 33.0 Å². The second-order valence-corrected chi connectivity index (χ2v) is 6.28. The van der Waals surface area contributed by atoms with Crippen LogP contribution in [0.25, 0.3) is 33.0 Å². The van der Waals surface area contributed by atoms with Crippen LogP contribution < -0.4 is 10.7 Å². The van der Waals surface area contributed by atoms with Gasteiger partial charge in [0.15, 0.2) is 0 Å². The van der Waals surface area contributed by atoms with Crippen LogP contribution in [0.4, 0.5) is 11.4 Å². The number of nitrogens with zero attached hydrogens (tertiary/aromatic N) is 2. The molecule has 4 aromatic rings. The summed E-state index contributed by atoms with van der Waals surface area (Å²) in [4.78, 5) is 9.75. The maximum Gasteiger partial charge on any atom is 0.0795 e. The molecule has 0 N–H and O–H groups in total. The first-order valence-electron chi connectivity index (χ1n) is 8.12. The van der Waals surface area contributed by atoms with Crippen molar-refractivity contribution in [2.45, 2.75) is 0 Å². The van der Waals surface area contributed by atoms with Gasteiger partial charge < -0.3 is 0 Å². The molecule has 0 amide bonds. The number of rotatable bonds is 0. The molecule has 4 aromatic carbocycles. The van der Waals surface area contributed by atoms with Crippen molar-refractivity contribution in [2.24, 2.45) is 9.98 Å². The van der Waals surface area contributed by atoms with Crippen LogP contribution >= 0.6 is 0 Å². The third-order valence-electron chi connectivity index (χ3n) is 5.00. The molecule has 0 spiro atoms. The minimum absolute atomic E-state index is 1.06. The Morgan fingerprint density at radius 2 is 0.875 bits per heavy atom. The molecule has 6 rings (SSSR count). The minimum Gasteiger partial charge on any atom is -0.247 e. The molecule has 110 valence electrons. The SMILES string of the molecule is c1ccc2c(c1)N=c1c-2ccc2c3c(ccc12)-c1ccccc1N=3. The normalized spacial score (nSPS) is 12.8. The first kappa shape index (κ1) is 12.2. The van der Waals surface area contributed by atoms with E-state index >= 15 is 0 Å². The van der Waals surface area contributed by atoms with Crippen molar-refractivity contribution in [3.8, 4) is 22.3 Å². The maximum atomic E-state index is 4.88. The molecule has 2 heteroatoms. The Bertz CT molecular complexity index is 1200. The fourth-order valence-electron chi connectivity index (χ4n) is 3.89. The van der Waals surface area contributed by atoms with E-state index in [1.165, 1.54) is 33.0 Å². The second kappa shape index (κ2) is 4.18. The Hall–Kier alpha value is -3.26. The van der Waals surface area contributed by atoms with Crippen molar-refractivity contribution in [3.63, 3.8) is 0 Å². The first-order chi connectivity index (χ1) is 11.9. The molecule has 0 unspecified atom stereocenters. The van der Waals surface area contributed by atoms with Gasteiger partial charge in [-0.2, -0.15) is 0 Å². The molecule has 0 bridgehead atoms. The van der Waals surface area contributed by atoms with Crippen molar-refractivity contribution in [1.29, 1.82) is 0 Å². The van der Waals surface area contributed by atoms with E-state index in [2.05, 4.69) is 60.7 Å². The fraction of sp³-hybridized carbons (Fsp3) is 0. The first-order valence-corrected chi connectivity index (χ1v) is 8.12. The summed E-state index contributed by atoms with van der Waals surface area (Å²) in [7, 11) is 0. The van der Waals surface area contributed by atoms with Gasteiger partial charge in [-0.05, 0) is 12.1 Å². The molecule has 0 fully saturated rings. The highest BCUT2D eigenvalue weighted by atomic mass is 14.8. The highest BCUT2D eigenvalue weighted by molar-refractivity contribution is 5.95. The Morgan fingerprint density at radius 1 is 0.417 bits per heavy atom. The largest absolute Gasteiger partial charge is 0.247 e. The Kier molecular flexibility index (Phi) is 2.12. The predicted molar refractivity (Wildman–Crippen MR) is 96.5 cm³/mol. The lowest BCUT2D eigenvalue weighted by molar-refractivity contribution is 1.42. The summed E-state index contributed by atoms with van der Waals surface area (Å²) in [6, 6.07) is 25.4. The molecule has 2 nitrogen and oxygen atoms in total. The molecule has 0 saturated heterocycles. The van der Waals surface area contributed by atoms with E-state index in [0.29, 0.717) is 0 Å². The van der Waals surface area contributed by atoms with Crippen LogP contribution in [0.5, 0.6) is 0 Å². The Balaban J connectivity index is 1.76. The summed E-state index contributed by atoms with van der Waals surface area (Å²) >= 11 is 0. The molecule has 0 aromatic heterocycles. The van der Waals surface area contributed by atoms with Crippen LogP contribution in [0.1, 0.15) is 0 Å². The summed E-state index contributed by atoms with van der Waals surface area (Å²) in [5.74, 6) is 0. The number of hydrogen-bond acceptors (Lipinski definition) is 2. The molecular formula is C22H12N2. The molecule has 2 heterocycles. The molecule has 2 aliphatic rings. The predicted octanol–water partition coefficient (Wildman–Crippen LogP) is 4.70. The number of hydrogen-bond donors (Lipinski definition) is 0. The van der Waals surface area contributed by atoms with E-state index < -0.39 is 0 Å². The highest BCUT2D eigenvalue weighted by Crippen LogP contribution is 2.36. The van der Waals surface area contributed by atoms with Crippen LogP contribution in [-0.2, 0) is 0 Å². The van der Waals surface area contributed by atoms with Gasteiger partial charge in [-0.3, -0.25) is 0 Å². The van der Waals surface area contributed by atoms with Crippen LogP contribution in [0.15, 0.2) is 82.8 Å². The van der Waals surface area contributed by atoms with E-state index in [4.69, 9.17) is 9.98 Å². The quantitative estimate of drug-likeness (QED) is 0.388. The standard InChI is InChI=1S/C22H12N2/c1-3-7-19-13(5-1)15-9-11-18-17(21(15)23-19)12-10-16-14-6-2-4-8-20(14)24-22(16)18/h1-12H. The third-order valence-corrected chi connectivity index (χ3v) is 5.00. The Labute approximate surface area is 138 Å². The van der Waals surface area contributed by atoms with Crippen molar-refractivity contribution in [2.75, 3.05) is 0 Å².